The summed E-state index contributed by atoms with van der Waals surface area (Å²) in [6.45, 7) is 5.91. The van der Waals surface area contributed by atoms with Crippen LogP contribution in [0.4, 0.5) is 0 Å². The summed E-state index contributed by atoms with van der Waals surface area (Å²) in [5.41, 5.74) is 2.51. The molecule has 4 heteroatoms. The van der Waals surface area contributed by atoms with Crippen molar-refractivity contribution >= 4 is 11.9 Å². The van der Waals surface area contributed by atoms with Crippen LogP contribution in [0.5, 0.6) is 5.75 Å². The fourth-order valence-electron chi connectivity index (χ4n) is 2.62. The Labute approximate surface area is 155 Å². The van der Waals surface area contributed by atoms with Gasteiger partial charge in [-0.3, -0.25) is 4.79 Å². The zero-order chi connectivity index (χ0) is 18.9. The molecule has 1 atom stereocenters. The van der Waals surface area contributed by atoms with E-state index in [1.165, 1.54) is 0 Å². The first kappa shape index (κ1) is 19.7. The van der Waals surface area contributed by atoms with Crippen LogP contribution >= 0.6 is 0 Å². The van der Waals surface area contributed by atoms with Gasteiger partial charge in [0.25, 0.3) is 0 Å². The SMILES string of the molecule is CCCC(=O)Oc1ccc(-c2ccc(C(=O)OC(C)CCC)cc2)cc1. The Morgan fingerprint density at radius 1 is 0.885 bits per heavy atom. The van der Waals surface area contributed by atoms with Crippen molar-refractivity contribution in [3.05, 3.63) is 54.1 Å². The molecule has 0 aliphatic heterocycles. The van der Waals surface area contributed by atoms with Crippen LogP contribution in [-0.2, 0) is 9.53 Å². The van der Waals surface area contributed by atoms with Crippen LogP contribution in [-0.4, -0.2) is 18.0 Å². The molecule has 0 radical (unpaired) electrons. The maximum atomic E-state index is 12.1. The Bertz CT molecular complexity index is 717. The number of hydrogen-bond acceptors (Lipinski definition) is 4. The zero-order valence-electron chi connectivity index (χ0n) is 15.7. The third kappa shape index (κ3) is 5.73. The van der Waals surface area contributed by atoms with Gasteiger partial charge in [-0.25, -0.2) is 4.79 Å². The van der Waals surface area contributed by atoms with Gasteiger partial charge in [-0.05, 0) is 55.2 Å². The van der Waals surface area contributed by atoms with Gasteiger partial charge in [0.05, 0.1) is 11.7 Å². The van der Waals surface area contributed by atoms with Crippen LogP contribution in [0, 0.1) is 0 Å². The molecule has 1 unspecified atom stereocenters. The van der Waals surface area contributed by atoms with Crippen molar-refractivity contribution in [1.82, 2.24) is 0 Å². The standard InChI is InChI=1S/C22H26O4/c1-4-6-16(3)25-22(24)19-10-8-17(9-11-19)18-12-14-20(15-13-18)26-21(23)7-5-2/h8-16H,4-7H2,1-3H3. The zero-order valence-corrected chi connectivity index (χ0v) is 15.7. The predicted molar refractivity (Wildman–Crippen MR) is 102 cm³/mol. The molecule has 26 heavy (non-hydrogen) atoms. The van der Waals surface area contributed by atoms with Gasteiger partial charge in [0.2, 0.25) is 0 Å². The van der Waals surface area contributed by atoms with Gasteiger partial charge in [-0.15, -0.1) is 0 Å². The monoisotopic (exact) mass is 354 g/mol. The van der Waals surface area contributed by atoms with Crippen molar-refractivity contribution in [2.24, 2.45) is 0 Å². The minimum atomic E-state index is -0.296. The van der Waals surface area contributed by atoms with E-state index >= 15 is 0 Å². The lowest BCUT2D eigenvalue weighted by Gasteiger charge is -2.12. The van der Waals surface area contributed by atoms with Crippen molar-refractivity contribution in [1.29, 1.82) is 0 Å². The molecule has 0 saturated carbocycles. The minimum absolute atomic E-state index is 0.0739. The number of carbonyl (C=O) groups excluding carboxylic acids is 2. The normalized spacial score (nSPS) is 11.7. The average Bonchev–Trinajstić information content (AvgIpc) is 2.63. The summed E-state index contributed by atoms with van der Waals surface area (Å²) in [5, 5.41) is 0. The second-order valence-electron chi connectivity index (χ2n) is 6.33. The van der Waals surface area contributed by atoms with Crippen molar-refractivity contribution < 1.29 is 19.1 Å². The Balaban J connectivity index is 2.01. The van der Waals surface area contributed by atoms with E-state index in [9.17, 15) is 9.59 Å². The summed E-state index contributed by atoms with van der Waals surface area (Å²) in [5.74, 6) is 0.0217. The van der Waals surface area contributed by atoms with E-state index in [0.29, 0.717) is 17.7 Å². The third-order valence-corrected chi connectivity index (χ3v) is 4.00. The first-order valence-corrected chi connectivity index (χ1v) is 9.15. The maximum absolute atomic E-state index is 12.1. The van der Waals surface area contributed by atoms with Crippen molar-refractivity contribution in [3.63, 3.8) is 0 Å². The average molecular weight is 354 g/mol. The molecule has 2 aromatic rings. The maximum Gasteiger partial charge on any atom is 0.338 e. The summed E-state index contributed by atoms with van der Waals surface area (Å²) in [6.07, 6.45) is 2.95. The van der Waals surface area contributed by atoms with Crippen LogP contribution < -0.4 is 4.74 Å². The minimum Gasteiger partial charge on any atom is -0.459 e. The number of carbonyl (C=O) groups is 2. The van der Waals surface area contributed by atoms with E-state index < -0.39 is 0 Å². The fourth-order valence-corrected chi connectivity index (χ4v) is 2.62. The highest BCUT2D eigenvalue weighted by molar-refractivity contribution is 5.90. The van der Waals surface area contributed by atoms with Gasteiger partial charge in [0.15, 0.2) is 0 Å². The van der Waals surface area contributed by atoms with Gasteiger partial charge < -0.3 is 9.47 Å². The second kappa shape index (κ2) is 9.76. The molecule has 0 aromatic heterocycles. The van der Waals surface area contributed by atoms with Gasteiger partial charge in [0, 0.05) is 6.42 Å². The molecule has 0 fully saturated rings. The third-order valence-electron chi connectivity index (χ3n) is 4.00. The Hall–Kier alpha value is -2.62. The fraction of sp³-hybridized carbons (Fsp3) is 0.364. The topological polar surface area (TPSA) is 52.6 Å². The molecule has 0 spiro atoms. The van der Waals surface area contributed by atoms with E-state index in [4.69, 9.17) is 9.47 Å². The molecule has 0 amide bonds. The second-order valence-corrected chi connectivity index (χ2v) is 6.33. The van der Waals surface area contributed by atoms with E-state index in [1.54, 1.807) is 24.3 Å². The summed E-state index contributed by atoms with van der Waals surface area (Å²) in [6, 6.07) is 14.7. The largest absolute Gasteiger partial charge is 0.459 e. The highest BCUT2D eigenvalue weighted by atomic mass is 16.5. The van der Waals surface area contributed by atoms with Crippen molar-refractivity contribution in [2.75, 3.05) is 0 Å². The highest BCUT2D eigenvalue weighted by Crippen LogP contribution is 2.23. The number of ether oxygens (including phenoxy) is 2. The Morgan fingerprint density at radius 3 is 2.00 bits per heavy atom. The molecule has 2 rings (SSSR count). The first-order valence-electron chi connectivity index (χ1n) is 9.15. The molecule has 2 aromatic carbocycles. The molecule has 0 saturated heterocycles. The lowest BCUT2D eigenvalue weighted by Crippen LogP contribution is -2.14. The van der Waals surface area contributed by atoms with Crippen molar-refractivity contribution in [2.45, 2.75) is 52.6 Å². The quantitative estimate of drug-likeness (QED) is 0.470. The highest BCUT2D eigenvalue weighted by Gasteiger charge is 2.11. The molecular formula is C22H26O4. The predicted octanol–water partition coefficient (Wildman–Crippen LogP) is 5.40. The lowest BCUT2D eigenvalue weighted by atomic mass is 10.0. The lowest BCUT2D eigenvalue weighted by molar-refractivity contribution is -0.134. The number of esters is 2. The molecule has 0 aliphatic rings. The van der Waals surface area contributed by atoms with Gasteiger partial charge >= 0.3 is 11.9 Å². The van der Waals surface area contributed by atoms with E-state index in [-0.39, 0.29) is 18.0 Å². The molecule has 0 aliphatic carbocycles. The molecule has 0 heterocycles. The Kier molecular flexibility index (Phi) is 7.39. The van der Waals surface area contributed by atoms with E-state index in [1.807, 2.05) is 38.1 Å². The van der Waals surface area contributed by atoms with Gasteiger partial charge in [-0.2, -0.15) is 0 Å². The van der Waals surface area contributed by atoms with Crippen LogP contribution in [0.25, 0.3) is 11.1 Å². The van der Waals surface area contributed by atoms with E-state index in [0.717, 1.165) is 30.4 Å². The summed E-state index contributed by atoms with van der Waals surface area (Å²) < 4.78 is 10.7. The molecule has 4 nitrogen and oxygen atoms in total. The smallest absolute Gasteiger partial charge is 0.338 e. The van der Waals surface area contributed by atoms with Crippen LogP contribution in [0.2, 0.25) is 0 Å². The Morgan fingerprint density at radius 2 is 1.46 bits per heavy atom. The number of benzene rings is 2. The number of hydrogen-bond donors (Lipinski definition) is 0. The molecule has 138 valence electrons. The first-order chi connectivity index (χ1) is 12.5. The summed E-state index contributed by atoms with van der Waals surface area (Å²) in [7, 11) is 0. The van der Waals surface area contributed by atoms with Crippen molar-refractivity contribution in [3.8, 4) is 16.9 Å². The van der Waals surface area contributed by atoms with Gasteiger partial charge in [-0.1, -0.05) is 44.5 Å². The van der Waals surface area contributed by atoms with Crippen LogP contribution in [0.15, 0.2) is 48.5 Å². The van der Waals surface area contributed by atoms with Gasteiger partial charge in [0.1, 0.15) is 5.75 Å². The summed E-state index contributed by atoms with van der Waals surface area (Å²) >= 11 is 0. The molecule has 0 N–H and O–H groups in total. The number of rotatable bonds is 8. The summed E-state index contributed by atoms with van der Waals surface area (Å²) in [4.78, 5) is 23.6. The van der Waals surface area contributed by atoms with Crippen LogP contribution in [0.1, 0.15) is 56.8 Å². The van der Waals surface area contributed by atoms with Crippen LogP contribution in [0.3, 0.4) is 0 Å². The molecule has 0 bridgehead atoms. The molecular weight excluding hydrogens is 328 g/mol. The van der Waals surface area contributed by atoms with E-state index in [2.05, 4.69) is 6.92 Å².